The smallest absolute Gasteiger partial charge is 0.237 e. The Morgan fingerprint density at radius 3 is 2.52 bits per heavy atom. The maximum Gasteiger partial charge on any atom is 0.237 e. The fraction of sp³-hybridized carbons (Fsp3) is 0.316. The third-order valence-corrected chi connectivity index (χ3v) is 9.97. The summed E-state index contributed by atoms with van der Waals surface area (Å²) in [5.74, 6) is 1.34. The van der Waals surface area contributed by atoms with Crippen LogP contribution in [0.1, 0.15) is 49.8 Å². The number of nitrogens with zero attached hydrogens (tertiary/aromatic N) is 6. The van der Waals surface area contributed by atoms with Crippen molar-refractivity contribution in [3.05, 3.63) is 96.6 Å². The SMILES string of the molecule is CC1(C(=O)Nc2ccc3[nH]nc(-c4ccnc(C5CC5)c4)c3c2)CCN(CC(=O)N2CC=C(c3ccc(-c4ncccn4)cc3)CC2)C1. The number of likely N-dealkylation sites (tertiary alicyclic amines) is 1. The van der Waals surface area contributed by atoms with Crippen molar-refractivity contribution in [1.82, 2.24) is 34.9 Å². The average Bonchev–Trinajstić information content (AvgIpc) is 3.79. The minimum atomic E-state index is -0.593. The van der Waals surface area contributed by atoms with Gasteiger partial charge in [-0.25, -0.2) is 9.97 Å². The van der Waals surface area contributed by atoms with E-state index in [4.69, 9.17) is 0 Å². The van der Waals surface area contributed by atoms with Crippen LogP contribution in [-0.4, -0.2) is 79.5 Å². The van der Waals surface area contributed by atoms with Crippen LogP contribution in [0.2, 0.25) is 0 Å². The lowest BCUT2D eigenvalue weighted by Gasteiger charge is -2.29. The van der Waals surface area contributed by atoms with Crippen LogP contribution < -0.4 is 5.32 Å². The number of aromatic nitrogens is 5. The van der Waals surface area contributed by atoms with Gasteiger partial charge in [-0.05, 0) is 86.7 Å². The lowest BCUT2D eigenvalue weighted by Crippen LogP contribution is -2.43. The molecule has 3 aliphatic rings. The largest absolute Gasteiger partial charge is 0.338 e. The molecule has 2 N–H and O–H groups in total. The second-order valence-corrected chi connectivity index (χ2v) is 13.5. The van der Waals surface area contributed by atoms with E-state index in [9.17, 15) is 9.59 Å². The summed E-state index contributed by atoms with van der Waals surface area (Å²) in [6.45, 7) is 4.82. The first-order valence-corrected chi connectivity index (χ1v) is 16.7. The molecule has 1 unspecified atom stereocenters. The van der Waals surface area contributed by atoms with E-state index in [2.05, 4.69) is 59.6 Å². The molecule has 0 spiro atoms. The number of fused-ring (bicyclic) bond motifs is 1. The molecular formula is C38H38N8O2. The Balaban J connectivity index is 0.870. The van der Waals surface area contributed by atoms with Crippen molar-refractivity contribution < 1.29 is 9.59 Å². The van der Waals surface area contributed by atoms with E-state index in [1.807, 2.05) is 60.5 Å². The number of carbonyl (C=O) groups is 2. The van der Waals surface area contributed by atoms with Crippen LogP contribution in [0.15, 0.2) is 85.3 Å². The van der Waals surface area contributed by atoms with Gasteiger partial charge in [0.15, 0.2) is 5.82 Å². The molecule has 3 aromatic heterocycles. The third-order valence-electron chi connectivity index (χ3n) is 9.97. The Bertz CT molecular complexity index is 2020. The van der Waals surface area contributed by atoms with Crippen molar-refractivity contribution in [1.29, 1.82) is 0 Å². The van der Waals surface area contributed by atoms with Gasteiger partial charge in [-0.2, -0.15) is 5.10 Å². The third kappa shape index (κ3) is 6.11. The van der Waals surface area contributed by atoms with Gasteiger partial charge in [-0.1, -0.05) is 30.3 Å². The Morgan fingerprint density at radius 2 is 1.75 bits per heavy atom. The lowest BCUT2D eigenvalue weighted by molar-refractivity contribution is -0.132. The number of hydrogen-bond donors (Lipinski definition) is 2. The first kappa shape index (κ1) is 30.1. The Hall–Kier alpha value is -5.22. The lowest BCUT2D eigenvalue weighted by atomic mass is 9.88. The van der Waals surface area contributed by atoms with Crippen LogP contribution in [0.4, 0.5) is 5.69 Å². The Morgan fingerprint density at radius 1 is 0.938 bits per heavy atom. The van der Waals surface area contributed by atoms with Gasteiger partial charge < -0.3 is 10.2 Å². The van der Waals surface area contributed by atoms with Gasteiger partial charge in [0.1, 0.15) is 5.69 Å². The zero-order valence-corrected chi connectivity index (χ0v) is 27.0. The van der Waals surface area contributed by atoms with E-state index in [1.165, 1.54) is 18.4 Å². The summed E-state index contributed by atoms with van der Waals surface area (Å²) >= 11 is 0. The van der Waals surface area contributed by atoms with Crippen molar-refractivity contribution in [3.8, 4) is 22.6 Å². The molecule has 5 heterocycles. The van der Waals surface area contributed by atoms with Crippen molar-refractivity contribution in [3.63, 3.8) is 0 Å². The van der Waals surface area contributed by atoms with Gasteiger partial charge in [0.25, 0.3) is 0 Å². The normalized spacial score (nSPS) is 19.8. The number of nitrogens with one attached hydrogen (secondary N) is 2. The molecule has 5 aromatic rings. The highest BCUT2D eigenvalue weighted by Crippen LogP contribution is 2.40. The number of aromatic amines is 1. The van der Waals surface area contributed by atoms with E-state index in [-0.39, 0.29) is 11.8 Å². The van der Waals surface area contributed by atoms with Crippen molar-refractivity contribution in [2.75, 3.05) is 38.0 Å². The minimum Gasteiger partial charge on any atom is -0.338 e. The summed E-state index contributed by atoms with van der Waals surface area (Å²) in [6.07, 6.45) is 11.4. The van der Waals surface area contributed by atoms with Gasteiger partial charge >= 0.3 is 0 Å². The van der Waals surface area contributed by atoms with Crippen LogP contribution in [0.25, 0.3) is 39.1 Å². The number of hydrogen-bond acceptors (Lipinski definition) is 7. The van der Waals surface area contributed by atoms with Gasteiger partial charge in [-0.3, -0.25) is 24.6 Å². The van der Waals surface area contributed by atoms with Crippen LogP contribution in [0.5, 0.6) is 0 Å². The molecule has 2 amide bonds. The molecule has 1 aliphatic carbocycles. The van der Waals surface area contributed by atoms with Crippen LogP contribution in [0.3, 0.4) is 0 Å². The fourth-order valence-electron chi connectivity index (χ4n) is 6.90. The number of benzene rings is 2. The molecule has 0 radical (unpaired) electrons. The number of carbonyl (C=O) groups excluding carboxylic acids is 2. The monoisotopic (exact) mass is 638 g/mol. The summed E-state index contributed by atoms with van der Waals surface area (Å²) in [5, 5.41) is 11.8. The number of amides is 2. The second-order valence-electron chi connectivity index (χ2n) is 13.5. The number of H-pyrrole nitrogens is 1. The summed E-state index contributed by atoms with van der Waals surface area (Å²) in [5.41, 5.74) is 7.45. The summed E-state index contributed by atoms with van der Waals surface area (Å²) in [7, 11) is 0. The molecule has 8 rings (SSSR count). The molecule has 10 heteroatoms. The molecule has 1 saturated carbocycles. The molecule has 2 aromatic carbocycles. The minimum absolute atomic E-state index is 0.0304. The van der Waals surface area contributed by atoms with E-state index >= 15 is 0 Å². The predicted octanol–water partition coefficient (Wildman–Crippen LogP) is 5.93. The maximum absolute atomic E-state index is 13.6. The van der Waals surface area contributed by atoms with Gasteiger partial charge in [0, 0.05) is 72.0 Å². The van der Waals surface area contributed by atoms with Crippen molar-refractivity contribution >= 4 is 34.0 Å². The van der Waals surface area contributed by atoms with E-state index in [0.29, 0.717) is 50.9 Å². The quantitative estimate of drug-likeness (QED) is 0.216. The van der Waals surface area contributed by atoms with Gasteiger partial charge in [0.05, 0.1) is 17.5 Å². The molecule has 1 saturated heterocycles. The van der Waals surface area contributed by atoms with Crippen molar-refractivity contribution in [2.24, 2.45) is 5.41 Å². The summed E-state index contributed by atoms with van der Waals surface area (Å²) < 4.78 is 0. The summed E-state index contributed by atoms with van der Waals surface area (Å²) in [4.78, 5) is 44.2. The van der Waals surface area contributed by atoms with Crippen LogP contribution in [-0.2, 0) is 9.59 Å². The zero-order chi connectivity index (χ0) is 32.7. The molecule has 2 fully saturated rings. The maximum atomic E-state index is 13.6. The molecule has 10 nitrogen and oxygen atoms in total. The summed E-state index contributed by atoms with van der Waals surface area (Å²) in [6, 6.07) is 20.1. The highest BCUT2D eigenvalue weighted by atomic mass is 16.2. The number of anilines is 1. The van der Waals surface area contributed by atoms with Crippen LogP contribution >= 0.6 is 0 Å². The highest BCUT2D eigenvalue weighted by molar-refractivity contribution is 6.00. The Kier molecular flexibility index (Phi) is 7.80. The number of pyridine rings is 1. The standard InChI is InChI=1S/C38H38N8O2/c1-38(37(48)42-30-9-10-32-31(22-30)35(44-43-32)29-11-17-39-33(21-29)27-5-6-27)14-20-45(24-38)23-34(47)46-18-12-26(13-19-46)25-3-7-28(8-4-25)36-40-15-2-16-41-36/h2-4,7-12,15-17,21-22,27H,5-6,13-14,18-20,23-24H2,1H3,(H,42,48)(H,43,44). The highest BCUT2D eigenvalue weighted by Gasteiger charge is 2.41. The molecule has 48 heavy (non-hydrogen) atoms. The molecule has 1 atom stereocenters. The average molecular weight is 639 g/mol. The molecule has 0 bridgehead atoms. The van der Waals surface area contributed by atoms with Gasteiger partial charge in [-0.15, -0.1) is 0 Å². The van der Waals surface area contributed by atoms with E-state index in [1.54, 1.807) is 12.4 Å². The first-order chi connectivity index (χ1) is 23.4. The van der Waals surface area contributed by atoms with E-state index in [0.717, 1.165) is 51.1 Å². The predicted molar refractivity (Wildman–Crippen MR) is 186 cm³/mol. The van der Waals surface area contributed by atoms with E-state index < -0.39 is 5.41 Å². The van der Waals surface area contributed by atoms with Gasteiger partial charge in [0.2, 0.25) is 11.8 Å². The first-order valence-electron chi connectivity index (χ1n) is 16.7. The molecule has 2 aliphatic heterocycles. The fourth-order valence-corrected chi connectivity index (χ4v) is 6.90. The Labute approximate surface area is 279 Å². The second kappa shape index (κ2) is 12.4. The number of rotatable bonds is 8. The molecular weight excluding hydrogens is 600 g/mol. The van der Waals surface area contributed by atoms with Crippen LogP contribution in [0, 0.1) is 5.41 Å². The zero-order valence-electron chi connectivity index (χ0n) is 27.0. The van der Waals surface area contributed by atoms with Crippen molar-refractivity contribution in [2.45, 2.75) is 38.5 Å². The topological polar surface area (TPSA) is 120 Å². The molecule has 242 valence electrons.